The second-order valence-electron chi connectivity index (χ2n) is 15.5. The summed E-state index contributed by atoms with van der Waals surface area (Å²) in [5.41, 5.74) is 2.91. The van der Waals surface area contributed by atoms with Crippen LogP contribution in [0.2, 0.25) is 0 Å². The van der Waals surface area contributed by atoms with Gasteiger partial charge in [-0.1, -0.05) is 25.1 Å². The van der Waals surface area contributed by atoms with E-state index in [-0.39, 0.29) is 48.6 Å². The van der Waals surface area contributed by atoms with Gasteiger partial charge in [-0.2, -0.15) is 23.4 Å². The molecule has 1 saturated heterocycles. The van der Waals surface area contributed by atoms with Gasteiger partial charge in [0.05, 0.1) is 11.2 Å². The van der Waals surface area contributed by atoms with E-state index in [1.165, 1.54) is 29.5 Å². The molecule has 13 nitrogen and oxygen atoms in total. The zero-order valence-electron chi connectivity index (χ0n) is 32.7. The van der Waals surface area contributed by atoms with E-state index in [2.05, 4.69) is 44.0 Å². The number of halogens is 3. The molecule has 4 aromatic heterocycles. The lowest BCUT2D eigenvalue weighted by Gasteiger charge is -2.27. The number of benzene rings is 1. The van der Waals surface area contributed by atoms with Crippen molar-refractivity contribution in [2.45, 2.75) is 84.6 Å². The number of carbonyl (C=O) groups excluding carboxylic acids is 4. The maximum Gasteiger partial charge on any atom is 0.433 e. The molecule has 1 aliphatic heterocycles. The van der Waals surface area contributed by atoms with Crippen LogP contribution in [0, 0.1) is 25.2 Å². The molecule has 1 aliphatic carbocycles. The maximum absolute atomic E-state index is 14.6. The van der Waals surface area contributed by atoms with Gasteiger partial charge in [0.1, 0.15) is 29.8 Å². The van der Waals surface area contributed by atoms with Gasteiger partial charge in [0.25, 0.3) is 0 Å². The van der Waals surface area contributed by atoms with Gasteiger partial charge in [-0.3, -0.25) is 23.9 Å². The number of ketones is 1. The molecule has 0 radical (unpaired) electrons. The van der Waals surface area contributed by atoms with E-state index in [1.807, 2.05) is 38.2 Å². The summed E-state index contributed by atoms with van der Waals surface area (Å²) in [5, 5.41) is 15.2. The van der Waals surface area contributed by atoms with Crippen molar-refractivity contribution < 1.29 is 32.3 Å². The van der Waals surface area contributed by atoms with Crippen molar-refractivity contribution >= 4 is 45.9 Å². The summed E-state index contributed by atoms with van der Waals surface area (Å²) in [6.45, 7) is 14.1. The number of Topliss-reactive ketones (excluding diaryl/α,β-unsaturated/α-hetero) is 1. The van der Waals surface area contributed by atoms with Crippen LogP contribution in [-0.4, -0.2) is 76.4 Å². The number of alkyl halides is 3. The molecule has 3 amide bonds. The smallest absolute Gasteiger partial charge is 0.355 e. The van der Waals surface area contributed by atoms with Crippen molar-refractivity contribution in [1.82, 2.24) is 39.6 Å². The van der Waals surface area contributed by atoms with Gasteiger partial charge >= 0.3 is 6.18 Å². The highest BCUT2D eigenvalue weighted by atomic mass is 19.4. The van der Waals surface area contributed by atoms with Crippen LogP contribution in [0.25, 0.3) is 27.7 Å². The zero-order chi connectivity index (χ0) is 41.7. The molecule has 7 rings (SSSR count). The fourth-order valence-electron chi connectivity index (χ4n) is 8.03. The van der Waals surface area contributed by atoms with E-state index in [1.54, 1.807) is 22.9 Å². The fraction of sp³-hybridized carbons (Fsp3) is 0.381. The quantitative estimate of drug-likeness (QED) is 0.0964. The number of piperidine rings is 1. The highest BCUT2D eigenvalue weighted by Crippen LogP contribution is 2.59. The van der Waals surface area contributed by atoms with Crippen molar-refractivity contribution in [3.8, 4) is 11.1 Å². The number of amides is 3. The topological polar surface area (TPSA) is 156 Å². The van der Waals surface area contributed by atoms with Crippen molar-refractivity contribution in [2.24, 2.45) is 11.3 Å². The van der Waals surface area contributed by atoms with Crippen LogP contribution >= 0.6 is 0 Å². The molecule has 1 saturated carbocycles. The highest BCUT2D eigenvalue weighted by Gasteiger charge is 2.67. The van der Waals surface area contributed by atoms with Crippen LogP contribution in [0.5, 0.6) is 0 Å². The number of aryl methyl sites for hydroxylation is 2. The molecule has 0 unspecified atom stereocenters. The third kappa shape index (κ3) is 7.62. The van der Waals surface area contributed by atoms with Gasteiger partial charge in [0, 0.05) is 60.3 Å². The number of aromatic nitrogens is 6. The Hall–Kier alpha value is -6.19. The van der Waals surface area contributed by atoms with Gasteiger partial charge in [-0.25, -0.2) is 14.5 Å². The molecule has 1 aromatic carbocycles. The number of allylic oxidation sites excluding steroid dienone is 2. The number of rotatable bonds is 14. The largest absolute Gasteiger partial charge is 0.433 e. The Bertz CT molecular complexity index is 2510. The Labute approximate surface area is 332 Å². The first-order chi connectivity index (χ1) is 27.5. The van der Waals surface area contributed by atoms with Gasteiger partial charge in [-0.05, 0) is 80.8 Å². The average Bonchev–Trinajstić information content (AvgIpc) is 3.40. The SMILES string of the molecule is C=CCC[C@@H](C)C(=O)NC[C@@]12C[C@@H](C(=O)Nc3nc(C(F)(F)F)ccc3C)N(C(=O)Cn3nc(C(C)=O)c4cc(-c5cnc6cc(C)nn6c5)cc(CC=C)c43)[C@@H]1C2. The lowest BCUT2D eigenvalue weighted by atomic mass is 9.98. The predicted octanol–water partition coefficient (Wildman–Crippen LogP) is 6.42. The maximum atomic E-state index is 14.6. The van der Waals surface area contributed by atoms with E-state index >= 15 is 0 Å². The standard InChI is InChI=1S/C42H44F3N9O4/c1-7-9-11-24(4)39(57)47-22-41-17-31(40(58)49-38-23(3)12-13-32(48-38)42(43,44)45)54(33(41)18-41)35(56)21-53-37-27(10-8-2)15-28(16-30(37)36(51-53)26(6)55)29-19-46-34-14-25(5)50-52(34)20-29/h7-8,12-16,19-20,24,31,33H,1-2,9-11,17-18,21-22H2,3-6H3,(H,47,57)(H,48,49,58)/t24-,31+,33-,41+/m1/s1. The molecule has 4 atom stereocenters. The third-order valence-corrected chi connectivity index (χ3v) is 11.2. The zero-order valence-corrected chi connectivity index (χ0v) is 32.7. The number of hydrogen-bond acceptors (Lipinski definition) is 8. The molecule has 58 heavy (non-hydrogen) atoms. The molecule has 0 spiro atoms. The fourth-order valence-corrected chi connectivity index (χ4v) is 8.03. The van der Waals surface area contributed by atoms with Crippen molar-refractivity contribution in [3.63, 3.8) is 0 Å². The van der Waals surface area contributed by atoms with E-state index < -0.39 is 41.2 Å². The first-order valence-electron chi connectivity index (χ1n) is 19.1. The van der Waals surface area contributed by atoms with Crippen LogP contribution in [0.1, 0.15) is 72.5 Å². The molecule has 302 valence electrons. The number of hydrogen-bond donors (Lipinski definition) is 2. The number of pyridine rings is 1. The number of carbonyl (C=O) groups is 4. The van der Waals surface area contributed by atoms with Crippen LogP contribution < -0.4 is 10.6 Å². The normalized spacial score (nSPS) is 19.2. The Morgan fingerprint density at radius 3 is 2.53 bits per heavy atom. The average molecular weight is 796 g/mol. The minimum atomic E-state index is -4.74. The first-order valence-corrected chi connectivity index (χ1v) is 19.1. The molecule has 2 aliphatic rings. The minimum Gasteiger partial charge on any atom is -0.355 e. The molecular formula is C42H44F3N9O4. The molecule has 5 heterocycles. The Kier molecular flexibility index (Phi) is 10.5. The summed E-state index contributed by atoms with van der Waals surface area (Å²) < 4.78 is 43.9. The molecule has 5 aromatic rings. The third-order valence-electron chi connectivity index (χ3n) is 11.2. The number of nitrogens with zero attached hydrogens (tertiary/aromatic N) is 7. The molecule has 2 N–H and O–H groups in total. The molecule has 2 fully saturated rings. The van der Waals surface area contributed by atoms with Crippen LogP contribution in [0.15, 0.2) is 68.0 Å². The monoisotopic (exact) mass is 795 g/mol. The summed E-state index contributed by atoms with van der Waals surface area (Å²) in [6, 6.07) is 6.12. The lowest BCUT2D eigenvalue weighted by Crippen LogP contribution is -2.47. The Morgan fingerprint density at radius 2 is 1.83 bits per heavy atom. The number of nitrogens with one attached hydrogen (secondary N) is 2. The summed E-state index contributed by atoms with van der Waals surface area (Å²) >= 11 is 0. The van der Waals surface area contributed by atoms with Gasteiger partial charge < -0.3 is 15.5 Å². The second kappa shape index (κ2) is 15.3. The van der Waals surface area contributed by atoms with Crippen LogP contribution in [-0.2, 0) is 33.5 Å². The van der Waals surface area contributed by atoms with Crippen LogP contribution in [0.3, 0.4) is 0 Å². The van der Waals surface area contributed by atoms with Crippen molar-refractivity contribution in [3.05, 3.63) is 96.2 Å². The Morgan fingerprint density at radius 1 is 1.05 bits per heavy atom. The number of anilines is 1. The number of fused-ring (bicyclic) bond motifs is 3. The highest BCUT2D eigenvalue weighted by molar-refractivity contribution is 6.07. The lowest BCUT2D eigenvalue weighted by molar-refractivity contribution is -0.141. The Balaban J connectivity index is 1.23. The van der Waals surface area contributed by atoms with E-state index in [0.29, 0.717) is 47.8 Å². The number of likely N-dealkylation sites (tertiary alicyclic amines) is 1. The molecular weight excluding hydrogens is 752 g/mol. The van der Waals surface area contributed by atoms with E-state index in [4.69, 9.17) is 0 Å². The summed E-state index contributed by atoms with van der Waals surface area (Å²) in [5.74, 6) is -2.23. The van der Waals surface area contributed by atoms with Crippen LogP contribution in [0.4, 0.5) is 19.0 Å². The summed E-state index contributed by atoms with van der Waals surface area (Å²) in [6.07, 6.45) is 4.57. The van der Waals surface area contributed by atoms with Crippen molar-refractivity contribution in [1.29, 1.82) is 0 Å². The summed E-state index contributed by atoms with van der Waals surface area (Å²) in [7, 11) is 0. The summed E-state index contributed by atoms with van der Waals surface area (Å²) in [4.78, 5) is 64.4. The molecule has 0 bridgehead atoms. The molecule has 16 heteroatoms. The van der Waals surface area contributed by atoms with Gasteiger partial charge in [-0.15, -0.1) is 13.2 Å². The van der Waals surface area contributed by atoms with Gasteiger partial charge in [0.15, 0.2) is 11.4 Å². The van der Waals surface area contributed by atoms with E-state index in [9.17, 15) is 32.3 Å². The van der Waals surface area contributed by atoms with E-state index in [0.717, 1.165) is 28.5 Å². The first kappa shape index (κ1) is 40.0. The van der Waals surface area contributed by atoms with Crippen molar-refractivity contribution in [2.75, 3.05) is 11.9 Å². The predicted molar refractivity (Wildman–Crippen MR) is 211 cm³/mol. The minimum absolute atomic E-state index is 0.148. The second-order valence-corrected chi connectivity index (χ2v) is 15.5. The van der Waals surface area contributed by atoms with Gasteiger partial charge in [0.2, 0.25) is 17.7 Å².